The molecule has 3 atom stereocenters. The Morgan fingerprint density at radius 3 is 2.56 bits per heavy atom. The number of thioether (sulfide) groups is 2. The minimum absolute atomic E-state index is 0.0558. The number of nitrogens with two attached hydrogens (primary N) is 1. The predicted octanol–water partition coefficient (Wildman–Crippen LogP) is 2.12. The van der Waals surface area contributed by atoms with E-state index in [1.165, 1.54) is 0 Å². The van der Waals surface area contributed by atoms with Gasteiger partial charge in [-0.15, -0.1) is 11.8 Å². The highest BCUT2D eigenvalue weighted by Crippen LogP contribution is 2.32. The fourth-order valence-electron chi connectivity index (χ4n) is 1.67. The number of halogens is 2. The van der Waals surface area contributed by atoms with E-state index >= 15 is 0 Å². The van der Waals surface area contributed by atoms with Crippen LogP contribution in [0.4, 0.5) is 8.78 Å². The Morgan fingerprint density at radius 2 is 2.06 bits per heavy atom. The van der Waals surface area contributed by atoms with Crippen molar-refractivity contribution in [3.63, 3.8) is 0 Å². The highest BCUT2D eigenvalue weighted by molar-refractivity contribution is 8.22. The molecule has 0 aromatic rings. The van der Waals surface area contributed by atoms with Gasteiger partial charge < -0.3 is 11.1 Å². The van der Waals surface area contributed by atoms with Crippen molar-refractivity contribution >= 4 is 23.5 Å². The van der Waals surface area contributed by atoms with Gasteiger partial charge in [0.15, 0.2) is 0 Å². The number of rotatable bonds is 4. The molecule has 1 fully saturated rings. The number of nitrogens with one attached hydrogen (secondary N) is 1. The van der Waals surface area contributed by atoms with Crippen molar-refractivity contribution in [1.82, 2.24) is 10.2 Å². The first-order chi connectivity index (χ1) is 8.65. The molecule has 2 heterocycles. The minimum Gasteiger partial charge on any atom is -0.366 e. The first-order valence-corrected chi connectivity index (χ1v) is 8.03. The first kappa shape index (κ1) is 16.1. The molecule has 0 bridgehead atoms. The van der Waals surface area contributed by atoms with Crippen molar-refractivity contribution in [3.8, 4) is 0 Å². The van der Waals surface area contributed by atoms with Crippen LogP contribution in [0.25, 0.3) is 0 Å². The van der Waals surface area contributed by atoms with E-state index in [0.717, 1.165) is 16.5 Å². The van der Waals surface area contributed by atoms with Crippen LogP contribution in [0.2, 0.25) is 0 Å². The van der Waals surface area contributed by atoms with Gasteiger partial charge in [-0.05, 0) is 0 Å². The molecule has 3 N–H and O–H groups in total. The Morgan fingerprint density at radius 1 is 1.44 bits per heavy atom. The van der Waals surface area contributed by atoms with E-state index in [9.17, 15) is 8.78 Å². The number of likely N-dealkylation sites (tertiary alicyclic amines) is 1. The van der Waals surface area contributed by atoms with E-state index < -0.39 is 12.3 Å². The van der Waals surface area contributed by atoms with Crippen LogP contribution < -0.4 is 11.1 Å². The Kier molecular flexibility index (Phi) is 7.36. The number of alkyl halides is 2. The van der Waals surface area contributed by atoms with Crippen molar-refractivity contribution < 1.29 is 8.78 Å². The van der Waals surface area contributed by atoms with Gasteiger partial charge in [-0.2, -0.15) is 0 Å². The van der Waals surface area contributed by atoms with Gasteiger partial charge in [-0.3, -0.25) is 4.90 Å². The summed E-state index contributed by atoms with van der Waals surface area (Å²) in [6.45, 7) is 5.18. The average Bonchev–Trinajstić information content (AvgIpc) is 2.90. The summed E-state index contributed by atoms with van der Waals surface area (Å²) in [5.41, 5.74) is 5.58. The average molecular weight is 297 g/mol. The van der Waals surface area contributed by atoms with Crippen molar-refractivity contribution in [3.05, 3.63) is 10.4 Å². The van der Waals surface area contributed by atoms with Crippen LogP contribution in [-0.2, 0) is 0 Å². The lowest BCUT2D eigenvalue weighted by molar-refractivity contribution is 0.217. The van der Waals surface area contributed by atoms with E-state index in [4.69, 9.17) is 5.73 Å². The maximum Gasteiger partial charge on any atom is 0.145 e. The lowest BCUT2D eigenvalue weighted by Crippen LogP contribution is -2.25. The van der Waals surface area contributed by atoms with Crippen LogP contribution in [-0.4, -0.2) is 48.1 Å². The SMILES string of the molecule is CC.NC1NC=C(SCCN2CC(F)C(F)C2)S1. The zero-order valence-electron chi connectivity index (χ0n) is 10.7. The molecule has 2 rings (SSSR count). The summed E-state index contributed by atoms with van der Waals surface area (Å²) in [6, 6.07) is 0. The Bertz CT molecular complexity index is 269. The molecule has 0 aliphatic carbocycles. The maximum atomic E-state index is 12.9. The molecule has 106 valence electrons. The van der Waals surface area contributed by atoms with E-state index in [1.54, 1.807) is 23.5 Å². The zero-order chi connectivity index (χ0) is 13.5. The molecule has 0 saturated carbocycles. The van der Waals surface area contributed by atoms with Crippen molar-refractivity contribution in [1.29, 1.82) is 0 Å². The largest absolute Gasteiger partial charge is 0.366 e. The van der Waals surface area contributed by atoms with Gasteiger partial charge in [0.1, 0.15) is 17.8 Å². The standard InChI is InChI=1S/C9H15F2N3S2.C2H6/c10-6-4-14(5-7(6)11)1-2-15-8-3-13-9(12)16-8;1-2/h3,6-7,9,13H,1-2,4-5,12H2;1-2H3. The summed E-state index contributed by atoms with van der Waals surface area (Å²) < 4.78 is 26.9. The van der Waals surface area contributed by atoms with Gasteiger partial charge in [-0.1, -0.05) is 25.6 Å². The van der Waals surface area contributed by atoms with Crippen LogP contribution in [0.3, 0.4) is 0 Å². The van der Waals surface area contributed by atoms with Crippen LogP contribution in [0.5, 0.6) is 0 Å². The van der Waals surface area contributed by atoms with Gasteiger partial charge in [0.2, 0.25) is 0 Å². The fourth-order valence-corrected chi connectivity index (χ4v) is 3.73. The van der Waals surface area contributed by atoms with Crippen LogP contribution in [0.15, 0.2) is 10.4 Å². The quantitative estimate of drug-likeness (QED) is 0.832. The minimum atomic E-state index is -1.31. The Labute approximate surface area is 116 Å². The van der Waals surface area contributed by atoms with Crippen molar-refractivity contribution in [2.24, 2.45) is 5.73 Å². The zero-order valence-corrected chi connectivity index (χ0v) is 12.4. The maximum absolute atomic E-state index is 12.9. The lowest BCUT2D eigenvalue weighted by atomic mass is 10.3. The highest BCUT2D eigenvalue weighted by Gasteiger charge is 2.32. The van der Waals surface area contributed by atoms with Gasteiger partial charge in [0, 0.05) is 31.6 Å². The first-order valence-electron chi connectivity index (χ1n) is 6.17. The number of nitrogens with zero attached hydrogens (tertiary/aromatic N) is 1. The second-order valence-electron chi connectivity index (χ2n) is 3.81. The fraction of sp³-hybridized carbons (Fsp3) is 0.818. The molecule has 0 aromatic carbocycles. The summed E-state index contributed by atoms with van der Waals surface area (Å²) in [6.07, 6.45) is -0.722. The van der Waals surface area contributed by atoms with E-state index in [2.05, 4.69) is 5.32 Å². The third-order valence-electron chi connectivity index (χ3n) is 2.52. The smallest absolute Gasteiger partial charge is 0.145 e. The number of hydrogen-bond donors (Lipinski definition) is 2. The second-order valence-corrected chi connectivity index (χ2v) is 6.39. The summed E-state index contributed by atoms with van der Waals surface area (Å²) in [4.78, 5) is 1.83. The molecule has 3 unspecified atom stereocenters. The predicted molar refractivity (Wildman–Crippen MR) is 76.8 cm³/mol. The summed E-state index contributed by atoms with van der Waals surface area (Å²) in [7, 11) is 0. The van der Waals surface area contributed by atoms with Gasteiger partial charge in [0.25, 0.3) is 0 Å². The molecule has 0 amide bonds. The van der Waals surface area contributed by atoms with Gasteiger partial charge in [0.05, 0.1) is 4.24 Å². The van der Waals surface area contributed by atoms with Crippen molar-refractivity contribution in [2.75, 3.05) is 25.4 Å². The van der Waals surface area contributed by atoms with E-state index in [1.807, 2.05) is 24.9 Å². The molecule has 7 heteroatoms. The lowest BCUT2D eigenvalue weighted by Gasteiger charge is -2.13. The molecule has 2 aliphatic rings. The highest BCUT2D eigenvalue weighted by atomic mass is 32.2. The third-order valence-corrected chi connectivity index (χ3v) is 4.69. The molecule has 0 spiro atoms. The second kappa shape index (κ2) is 8.24. The Balaban J connectivity index is 0.000000771. The Hall–Kier alpha value is 0.0200. The molecule has 1 saturated heterocycles. The molecule has 3 nitrogen and oxygen atoms in total. The summed E-state index contributed by atoms with van der Waals surface area (Å²) in [5.74, 6) is 0.840. The molecular weight excluding hydrogens is 276 g/mol. The van der Waals surface area contributed by atoms with E-state index in [-0.39, 0.29) is 18.6 Å². The number of hydrogen-bond acceptors (Lipinski definition) is 5. The normalized spacial score (nSPS) is 31.6. The summed E-state index contributed by atoms with van der Waals surface area (Å²) >= 11 is 3.25. The third kappa shape index (κ3) is 4.95. The molecule has 2 aliphatic heterocycles. The summed E-state index contributed by atoms with van der Waals surface area (Å²) in [5, 5.41) is 2.99. The topological polar surface area (TPSA) is 41.3 Å². The molecule has 18 heavy (non-hydrogen) atoms. The van der Waals surface area contributed by atoms with Crippen LogP contribution in [0, 0.1) is 0 Å². The van der Waals surface area contributed by atoms with Crippen LogP contribution in [0.1, 0.15) is 13.8 Å². The molecule has 0 aromatic heterocycles. The molecule has 0 radical (unpaired) electrons. The van der Waals surface area contributed by atoms with Crippen LogP contribution >= 0.6 is 23.5 Å². The van der Waals surface area contributed by atoms with Gasteiger partial charge in [-0.25, -0.2) is 8.78 Å². The molecular formula is C11H21F2N3S2. The van der Waals surface area contributed by atoms with E-state index in [0.29, 0.717) is 0 Å². The van der Waals surface area contributed by atoms with Gasteiger partial charge >= 0.3 is 0 Å². The monoisotopic (exact) mass is 297 g/mol. The van der Waals surface area contributed by atoms with Crippen molar-refractivity contribution in [2.45, 2.75) is 31.7 Å².